The lowest BCUT2D eigenvalue weighted by Crippen LogP contribution is -2.06. The fourth-order valence-corrected chi connectivity index (χ4v) is 3.08. The Labute approximate surface area is 154 Å². The molecule has 0 aliphatic rings. The van der Waals surface area contributed by atoms with Gasteiger partial charge in [-0.05, 0) is 36.8 Å². The van der Waals surface area contributed by atoms with Gasteiger partial charge < -0.3 is 9.26 Å². The van der Waals surface area contributed by atoms with E-state index in [0.717, 1.165) is 10.5 Å². The molecule has 0 unspecified atom stereocenters. The number of carbonyl (C=O) groups excluding carboxylic acids is 1. The molecule has 0 N–H and O–H groups in total. The number of hydrogen-bond donors (Lipinski definition) is 0. The third kappa shape index (κ3) is 4.49. The molecule has 0 fully saturated rings. The van der Waals surface area contributed by atoms with E-state index in [-0.39, 0.29) is 6.61 Å². The zero-order valence-corrected chi connectivity index (χ0v) is 14.8. The molecular weight excluding hydrogens is 350 g/mol. The van der Waals surface area contributed by atoms with E-state index >= 15 is 0 Å². The van der Waals surface area contributed by atoms with Crippen LogP contribution in [0.3, 0.4) is 0 Å². The van der Waals surface area contributed by atoms with Crippen LogP contribution in [0.1, 0.15) is 33.2 Å². The topological polar surface area (TPSA) is 89.0 Å². The maximum atomic E-state index is 12.4. The Balaban J connectivity index is 1.64. The second-order valence-electron chi connectivity index (χ2n) is 5.41. The highest BCUT2D eigenvalue weighted by Crippen LogP contribution is 2.26. The molecule has 130 valence electrons. The Morgan fingerprint density at radius 3 is 2.69 bits per heavy atom. The van der Waals surface area contributed by atoms with E-state index < -0.39 is 5.97 Å². The summed E-state index contributed by atoms with van der Waals surface area (Å²) in [4.78, 5) is 17.4. The van der Waals surface area contributed by atoms with Crippen LogP contribution in [0.5, 0.6) is 0 Å². The van der Waals surface area contributed by atoms with Gasteiger partial charge >= 0.3 is 5.97 Å². The summed E-state index contributed by atoms with van der Waals surface area (Å²) in [6, 6.07) is 16.2. The summed E-state index contributed by atoms with van der Waals surface area (Å²) in [7, 11) is 0. The predicted molar refractivity (Wildman–Crippen MR) is 95.3 cm³/mol. The Morgan fingerprint density at radius 1 is 1.23 bits per heavy atom. The predicted octanol–water partition coefficient (Wildman–Crippen LogP) is 3.90. The molecule has 2 aromatic carbocycles. The number of carbonyl (C=O) groups is 1. The number of ether oxygens (including phenoxy) is 1. The fraction of sp³-hybridized carbons (Fsp3) is 0.158. The van der Waals surface area contributed by atoms with Gasteiger partial charge in [0.15, 0.2) is 5.82 Å². The van der Waals surface area contributed by atoms with Crippen molar-refractivity contribution in [3.8, 4) is 6.07 Å². The summed E-state index contributed by atoms with van der Waals surface area (Å²) in [5.41, 5.74) is 1.88. The molecule has 3 aromatic rings. The van der Waals surface area contributed by atoms with Crippen LogP contribution >= 0.6 is 11.8 Å². The van der Waals surface area contributed by atoms with Crippen LogP contribution in [0.2, 0.25) is 0 Å². The maximum absolute atomic E-state index is 12.4. The van der Waals surface area contributed by atoms with Gasteiger partial charge in [-0.15, -0.1) is 11.8 Å². The first-order valence-corrected chi connectivity index (χ1v) is 8.81. The van der Waals surface area contributed by atoms with Crippen molar-refractivity contribution in [3.63, 3.8) is 0 Å². The summed E-state index contributed by atoms with van der Waals surface area (Å²) in [5, 5.41) is 12.6. The molecule has 3 rings (SSSR count). The van der Waals surface area contributed by atoms with Crippen molar-refractivity contribution in [2.24, 2.45) is 0 Å². The average Bonchev–Trinajstić information content (AvgIpc) is 3.10. The van der Waals surface area contributed by atoms with Crippen LogP contribution in [0.15, 0.2) is 57.9 Å². The molecule has 0 spiro atoms. The Kier molecular flexibility index (Phi) is 5.66. The smallest absolute Gasteiger partial charge is 0.339 e. The molecule has 0 atom stereocenters. The molecule has 0 aliphatic carbocycles. The van der Waals surface area contributed by atoms with Gasteiger partial charge in [0, 0.05) is 4.90 Å². The molecule has 7 heteroatoms. The molecular formula is C19H15N3O3S. The molecule has 0 amide bonds. The van der Waals surface area contributed by atoms with Crippen molar-refractivity contribution in [2.45, 2.75) is 24.2 Å². The number of hydrogen-bond acceptors (Lipinski definition) is 7. The zero-order chi connectivity index (χ0) is 18.4. The van der Waals surface area contributed by atoms with Crippen LogP contribution in [0, 0.1) is 18.3 Å². The first-order valence-electron chi connectivity index (χ1n) is 7.83. The molecule has 0 saturated carbocycles. The largest absolute Gasteiger partial charge is 0.457 e. The van der Waals surface area contributed by atoms with Crippen LogP contribution in [-0.2, 0) is 17.1 Å². The van der Waals surface area contributed by atoms with Crippen LogP contribution in [0.4, 0.5) is 0 Å². The minimum absolute atomic E-state index is 0.145. The van der Waals surface area contributed by atoms with Gasteiger partial charge in [-0.25, -0.2) is 4.79 Å². The van der Waals surface area contributed by atoms with Crippen LogP contribution < -0.4 is 0 Å². The average molecular weight is 365 g/mol. The molecule has 1 heterocycles. The normalized spacial score (nSPS) is 10.3. The van der Waals surface area contributed by atoms with Gasteiger partial charge in [-0.3, -0.25) is 0 Å². The molecule has 0 radical (unpaired) electrons. The number of thioether (sulfide) groups is 1. The summed E-state index contributed by atoms with van der Waals surface area (Å²) in [6.07, 6.45) is 0. The third-order valence-corrected chi connectivity index (χ3v) is 4.54. The number of nitriles is 1. The Hall–Kier alpha value is -3.11. The highest BCUT2D eigenvalue weighted by molar-refractivity contribution is 7.98. The lowest BCUT2D eigenvalue weighted by molar-refractivity contribution is 0.0468. The van der Waals surface area contributed by atoms with Gasteiger partial charge in [0.1, 0.15) is 6.61 Å². The lowest BCUT2D eigenvalue weighted by Gasteiger charge is -2.09. The number of rotatable bonds is 6. The van der Waals surface area contributed by atoms with Gasteiger partial charge in [-0.2, -0.15) is 10.2 Å². The van der Waals surface area contributed by atoms with Crippen molar-refractivity contribution in [2.75, 3.05) is 0 Å². The second-order valence-corrected chi connectivity index (χ2v) is 6.42. The fourth-order valence-electron chi connectivity index (χ4n) is 2.20. The van der Waals surface area contributed by atoms with Crippen LogP contribution in [-0.4, -0.2) is 16.1 Å². The van der Waals surface area contributed by atoms with Crippen molar-refractivity contribution >= 4 is 17.7 Å². The molecule has 26 heavy (non-hydrogen) atoms. The molecule has 1 aromatic heterocycles. The zero-order valence-electron chi connectivity index (χ0n) is 14.0. The number of esters is 1. The quantitative estimate of drug-likeness (QED) is 0.483. The number of benzene rings is 2. The van der Waals surface area contributed by atoms with E-state index in [2.05, 4.69) is 16.2 Å². The summed E-state index contributed by atoms with van der Waals surface area (Å²) >= 11 is 1.44. The first kappa shape index (κ1) is 17.7. The van der Waals surface area contributed by atoms with E-state index in [1.165, 1.54) is 11.8 Å². The van der Waals surface area contributed by atoms with Crippen molar-refractivity contribution in [3.05, 3.63) is 76.9 Å². The summed E-state index contributed by atoms with van der Waals surface area (Å²) < 4.78 is 10.5. The monoisotopic (exact) mass is 365 g/mol. The van der Waals surface area contributed by atoms with Gasteiger partial charge in [0.25, 0.3) is 0 Å². The van der Waals surface area contributed by atoms with Gasteiger partial charge in [0.05, 0.1) is 22.9 Å². The number of aromatic nitrogens is 2. The van der Waals surface area contributed by atoms with Crippen molar-refractivity contribution in [1.82, 2.24) is 10.1 Å². The third-order valence-electron chi connectivity index (χ3n) is 3.48. The SMILES string of the molecule is Cc1noc(CSc2ccccc2C(=O)OCc2ccc(C#N)cc2)n1. The van der Waals surface area contributed by atoms with Crippen LogP contribution in [0.25, 0.3) is 0 Å². The highest BCUT2D eigenvalue weighted by Gasteiger charge is 2.14. The molecule has 6 nitrogen and oxygen atoms in total. The number of nitrogens with zero attached hydrogens (tertiary/aromatic N) is 3. The molecule has 0 aliphatic heterocycles. The van der Waals surface area contributed by atoms with E-state index in [1.54, 1.807) is 43.3 Å². The summed E-state index contributed by atoms with van der Waals surface area (Å²) in [6.45, 7) is 1.90. The van der Waals surface area contributed by atoms with Crippen molar-refractivity contribution < 1.29 is 14.1 Å². The molecule has 0 bridgehead atoms. The minimum Gasteiger partial charge on any atom is -0.457 e. The maximum Gasteiger partial charge on any atom is 0.339 e. The summed E-state index contributed by atoms with van der Waals surface area (Å²) in [5.74, 6) is 1.16. The molecule has 0 saturated heterocycles. The van der Waals surface area contributed by atoms with E-state index in [0.29, 0.717) is 28.6 Å². The highest BCUT2D eigenvalue weighted by atomic mass is 32.2. The van der Waals surface area contributed by atoms with Gasteiger partial charge in [-0.1, -0.05) is 29.4 Å². The van der Waals surface area contributed by atoms with Gasteiger partial charge in [0.2, 0.25) is 5.89 Å². The second kappa shape index (κ2) is 8.32. The standard InChI is InChI=1S/C19H15N3O3S/c1-13-21-18(25-22-13)12-26-17-5-3-2-4-16(17)19(23)24-11-15-8-6-14(10-20)7-9-15/h2-9H,11-12H2,1H3. The first-order chi connectivity index (χ1) is 12.7. The minimum atomic E-state index is -0.404. The van der Waals surface area contributed by atoms with E-state index in [1.807, 2.05) is 12.1 Å². The lowest BCUT2D eigenvalue weighted by atomic mass is 10.1. The Bertz CT molecular complexity index is 945. The van der Waals surface area contributed by atoms with Crippen molar-refractivity contribution in [1.29, 1.82) is 5.26 Å². The van der Waals surface area contributed by atoms with E-state index in [4.69, 9.17) is 14.5 Å². The van der Waals surface area contributed by atoms with E-state index in [9.17, 15) is 4.79 Å². The number of aryl methyl sites for hydroxylation is 1. The Morgan fingerprint density at radius 2 is 2.00 bits per heavy atom.